The molecule has 1 N–H and O–H groups in total. The smallest absolute Gasteiger partial charge is 0.382 e. The number of hydrogen-bond donors (Lipinski definition) is 1. The summed E-state index contributed by atoms with van der Waals surface area (Å²) in [6.45, 7) is 4.13. The van der Waals surface area contributed by atoms with E-state index in [1.54, 1.807) is 24.3 Å². The molecule has 0 unspecified atom stereocenters. The Hall–Kier alpha value is -2.75. The Kier molecular flexibility index (Phi) is 6.30. The normalized spacial score (nSPS) is 17.8. The van der Waals surface area contributed by atoms with Gasteiger partial charge in [-0.05, 0) is 60.8 Å². The van der Waals surface area contributed by atoms with Gasteiger partial charge in [-0.3, -0.25) is 9.36 Å². The molecule has 0 spiro atoms. The van der Waals surface area contributed by atoms with E-state index in [2.05, 4.69) is 10.2 Å². The third-order valence-corrected chi connectivity index (χ3v) is 5.72. The molecule has 0 saturated carbocycles. The van der Waals surface area contributed by atoms with E-state index < -0.39 is 35.8 Å². The summed E-state index contributed by atoms with van der Waals surface area (Å²) in [4.78, 5) is 11.6. The number of carboxylic acid groups (broad SMARTS) is 1. The van der Waals surface area contributed by atoms with Gasteiger partial charge in [0, 0.05) is 10.6 Å². The molecular formula is C22H19Cl2F2N3O4. The number of aromatic nitrogens is 3. The Bertz CT molecular complexity index is 1210. The Labute approximate surface area is 197 Å². The number of aliphatic carboxylic acids is 1. The fourth-order valence-corrected chi connectivity index (χ4v) is 4.23. The summed E-state index contributed by atoms with van der Waals surface area (Å²) in [5.74, 6) is -1.52. The molecule has 4 rings (SSSR count). The first-order valence-electron chi connectivity index (χ1n) is 10.0. The number of halogens is 4. The highest BCUT2D eigenvalue weighted by atomic mass is 35.5. The van der Waals surface area contributed by atoms with Crippen molar-refractivity contribution in [1.82, 2.24) is 14.8 Å². The predicted molar refractivity (Wildman–Crippen MR) is 116 cm³/mol. The molecule has 0 saturated heterocycles. The standard InChI is InChI=1S/C22H19Cl2F2N3O4/c1-3-32-16-6-4-5-13(11(16)2)19-14-9-12(23)7-8-15(14)29-20(17(33-19)10-18(30)31)27-28-21(29)22(24,25)26/h4-9,17,19H,3,10H2,1-2H3,(H,30,31)/t17-,19-/m1/s1. The van der Waals surface area contributed by atoms with Crippen LogP contribution in [-0.2, 0) is 14.9 Å². The molecule has 1 aliphatic rings. The van der Waals surface area contributed by atoms with Crippen molar-refractivity contribution in [3.8, 4) is 11.4 Å². The number of nitrogens with zero attached hydrogens (tertiary/aromatic N) is 3. The van der Waals surface area contributed by atoms with E-state index in [1.165, 1.54) is 12.1 Å². The van der Waals surface area contributed by atoms with Crippen LogP contribution < -0.4 is 4.74 Å². The van der Waals surface area contributed by atoms with Gasteiger partial charge in [0.25, 0.3) is 0 Å². The molecule has 33 heavy (non-hydrogen) atoms. The number of hydrogen-bond acceptors (Lipinski definition) is 5. The van der Waals surface area contributed by atoms with Crippen molar-refractivity contribution in [3.05, 3.63) is 69.8 Å². The molecule has 0 fully saturated rings. The summed E-state index contributed by atoms with van der Waals surface area (Å²) in [6, 6.07) is 10.0. The number of carbonyl (C=O) groups is 1. The van der Waals surface area contributed by atoms with Crippen molar-refractivity contribution >= 4 is 29.2 Å². The minimum Gasteiger partial charge on any atom is -0.494 e. The Morgan fingerprint density at radius 3 is 2.70 bits per heavy atom. The minimum atomic E-state index is -3.86. The average molecular weight is 498 g/mol. The molecule has 1 aromatic heterocycles. The van der Waals surface area contributed by atoms with Crippen LogP contribution >= 0.6 is 23.2 Å². The van der Waals surface area contributed by atoms with Crippen LogP contribution in [0, 0.1) is 6.92 Å². The first-order valence-corrected chi connectivity index (χ1v) is 10.8. The summed E-state index contributed by atoms with van der Waals surface area (Å²) in [7, 11) is 0. The lowest BCUT2D eigenvalue weighted by Crippen LogP contribution is -2.17. The van der Waals surface area contributed by atoms with Crippen molar-refractivity contribution in [3.63, 3.8) is 0 Å². The summed E-state index contributed by atoms with van der Waals surface area (Å²) < 4.78 is 41.5. The van der Waals surface area contributed by atoms with Gasteiger partial charge in [-0.15, -0.1) is 10.2 Å². The van der Waals surface area contributed by atoms with E-state index in [1.807, 2.05) is 13.8 Å². The monoisotopic (exact) mass is 497 g/mol. The highest BCUT2D eigenvalue weighted by Crippen LogP contribution is 2.45. The molecular weight excluding hydrogens is 479 g/mol. The summed E-state index contributed by atoms with van der Waals surface area (Å²) in [6.07, 6.45) is -2.59. The van der Waals surface area contributed by atoms with E-state index in [0.717, 1.165) is 10.1 Å². The highest BCUT2D eigenvalue weighted by Gasteiger charge is 2.42. The summed E-state index contributed by atoms with van der Waals surface area (Å²) in [5.41, 5.74) is 2.10. The fraction of sp³-hybridized carbons (Fsp3) is 0.318. The second-order valence-electron chi connectivity index (χ2n) is 7.42. The molecule has 0 bridgehead atoms. The van der Waals surface area contributed by atoms with Gasteiger partial charge in [0.05, 0.1) is 18.7 Å². The molecule has 1 aliphatic heterocycles. The second-order valence-corrected chi connectivity index (χ2v) is 8.34. The van der Waals surface area contributed by atoms with Crippen LogP contribution in [0.2, 0.25) is 5.02 Å². The molecule has 2 heterocycles. The highest BCUT2D eigenvalue weighted by molar-refractivity contribution is 6.30. The number of carboxylic acids is 1. The molecule has 7 nitrogen and oxygen atoms in total. The van der Waals surface area contributed by atoms with Gasteiger partial charge < -0.3 is 14.6 Å². The zero-order chi connectivity index (χ0) is 23.9. The Morgan fingerprint density at radius 1 is 1.27 bits per heavy atom. The zero-order valence-electron chi connectivity index (χ0n) is 17.6. The fourth-order valence-electron chi connectivity index (χ4n) is 3.93. The molecule has 2 atom stereocenters. The topological polar surface area (TPSA) is 86.5 Å². The summed E-state index contributed by atoms with van der Waals surface area (Å²) in [5, 5.41) is 13.3. The molecule has 0 radical (unpaired) electrons. The number of benzene rings is 2. The maximum Gasteiger partial charge on any atom is 0.382 e. The predicted octanol–water partition coefficient (Wildman–Crippen LogP) is 5.55. The maximum atomic E-state index is 14.2. The van der Waals surface area contributed by atoms with Crippen molar-refractivity contribution in [2.45, 2.75) is 37.9 Å². The first kappa shape index (κ1) is 23.4. The van der Waals surface area contributed by atoms with Crippen LogP contribution in [0.25, 0.3) is 5.69 Å². The Balaban J connectivity index is 2.00. The van der Waals surface area contributed by atoms with Crippen molar-refractivity contribution in [2.75, 3.05) is 6.61 Å². The zero-order valence-corrected chi connectivity index (χ0v) is 19.1. The van der Waals surface area contributed by atoms with Gasteiger partial charge in [0.15, 0.2) is 5.82 Å². The van der Waals surface area contributed by atoms with Crippen molar-refractivity contribution in [1.29, 1.82) is 0 Å². The first-order chi connectivity index (χ1) is 15.6. The van der Waals surface area contributed by atoms with Crippen LogP contribution in [0.5, 0.6) is 5.75 Å². The second kappa shape index (κ2) is 8.89. The molecule has 174 valence electrons. The lowest BCUT2D eigenvalue weighted by atomic mass is 9.95. The van der Waals surface area contributed by atoms with Crippen LogP contribution in [0.4, 0.5) is 8.78 Å². The van der Waals surface area contributed by atoms with Crippen LogP contribution in [0.15, 0.2) is 36.4 Å². The van der Waals surface area contributed by atoms with Crippen molar-refractivity contribution < 1.29 is 28.2 Å². The average Bonchev–Trinajstić information content (AvgIpc) is 3.14. The van der Waals surface area contributed by atoms with Gasteiger partial charge in [-0.25, -0.2) is 0 Å². The largest absolute Gasteiger partial charge is 0.494 e. The number of alkyl halides is 3. The van der Waals surface area contributed by atoms with Gasteiger partial charge in [0.1, 0.15) is 18.0 Å². The lowest BCUT2D eigenvalue weighted by molar-refractivity contribution is -0.141. The Morgan fingerprint density at radius 2 is 2.03 bits per heavy atom. The van der Waals surface area contributed by atoms with Crippen molar-refractivity contribution in [2.24, 2.45) is 0 Å². The van der Waals surface area contributed by atoms with E-state index in [9.17, 15) is 18.7 Å². The van der Waals surface area contributed by atoms with Gasteiger partial charge >= 0.3 is 11.4 Å². The van der Waals surface area contributed by atoms with E-state index >= 15 is 0 Å². The molecule has 3 aromatic rings. The van der Waals surface area contributed by atoms with Gasteiger partial charge in [-0.1, -0.05) is 23.7 Å². The minimum absolute atomic E-state index is 0.0996. The lowest BCUT2D eigenvalue weighted by Gasteiger charge is -2.24. The third-order valence-electron chi connectivity index (χ3n) is 5.31. The van der Waals surface area contributed by atoms with Gasteiger partial charge in [0.2, 0.25) is 5.82 Å². The SMILES string of the molecule is CCOc1cccc([C@H]2O[C@H](CC(=O)O)c3nnc(C(F)(F)Cl)n3-c3ccc(Cl)cc32)c1C. The maximum absolute atomic E-state index is 14.2. The van der Waals surface area contributed by atoms with Gasteiger partial charge in [-0.2, -0.15) is 8.78 Å². The molecule has 0 amide bonds. The number of ether oxygens (including phenoxy) is 2. The van der Waals surface area contributed by atoms with E-state index in [4.69, 9.17) is 32.7 Å². The van der Waals surface area contributed by atoms with Crippen LogP contribution in [-0.4, -0.2) is 32.4 Å². The van der Waals surface area contributed by atoms with Crippen LogP contribution in [0.1, 0.15) is 53.9 Å². The summed E-state index contributed by atoms with van der Waals surface area (Å²) >= 11 is 11.6. The van der Waals surface area contributed by atoms with E-state index in [0.29, 0.717) is 28.5 Å². The van der Waals surface area contributed by atoms with Crippen LogP contribution in [0.3, 0.4) is 0 Å². The molecule has 2 aromatic carbocycles. The number of fused-ring (bicyclic) bond motifs is 3. The number of rotatable bonds is 6. The molecule has 0 aliphatic carbocycles. The molecule has 11 heteroatoms. The third kappa shape index (κ3) is 4.40. The van der Waals surface area contributed by atoms with E-state index in [-0.39, 0.29) is 11.5 Å². The quantitative estimate of drug-likeness (QED) is 0.449.